The first-order valence-corrected chi connectivity index (χ1v) is 5.39. The van der Waals surface area contributed by atoms with Crippen molar-refractivity contribution in [2.24, 2.45) is 0 Å². The van der Waals surface area contributed by atoms with Crippen molar-refractivity contribution < 1.29 is 0 Å². The van der Waals surface area contributed by atoms with Crippen LogP contribution in [0.25, 0.3) is 0 Å². The molecule has 1 rings (SSSR count). The number of hydrogen-bond acceptors (Lipinski definition) is 2. The summed E-state index contributed by atoms with van der Waals surface area (Å²) in [5, 5.41) is 4.40. The molecule has 0 amide bonds. The number of unbranched alkanes of at least 4 members (excludes halogenated alkanes) is 1. The van der Waals surface area contributed by atoms with Gasteiger partial charge in [-0.1, -0.05) is 0 Å². The fourth-order valence-corrected chi connectivity index (χ4v) is 1.90. The van der Waals surface area contributed by atoms with Gasteiger partial charge in [0.1, 0.15) is 0 Å². The lowest BCUT2D eigenvalue weighted by Crippen LogP contribution is -2.12. The molecule has 0 aromatic carbocycles. The molecule has 1 nitrogen and oxygen atoms in total. The molecule has 0 N–H and O–H groups in total. The summed E-state index contributed by atoms with van der Waals surface area (Å²) >= 11 is 1.79. The van der Waals surface area contributed by atoms with Crippen LogP contribution >= 0.6 is 11.3 Å². The molecule has 0 atom stereocenters. The molecule has 0 fully saturated rings. The van der Waals surface area contributed by atoms with E-state index in [0.717, 1.165) is 0 Å². The molecule has 0 bridgehead atoms. The molecule has 0 spiro atoms. The van der Waals surface area contributed by atoms with Crippen molar-refractivity contribution in [1.29, 1.82) is 0 Å². The highest BCUT2D eigenvalue weighted by Gasteiger charge is 1.94. The molecule has 0 radical (unpaired) electrons. The van der Waals surface area contributed by atoms with Crippen molar-refractivity contribution in [2.75, 3.05) is 20.6 Å². The number of aryl methyl sites for hydroxylation is 1. The van der Waals surface area contributed by atoms with Gasteiger partial charge in [0.2, 0.25) is 0 Å². The van der Waals surface area contributed by atoms with Crippen LogP contribution in [-0.4, -0.2) is 25.5 Å². The third-order valence-corrected chi connectivity index (χ3v) is 2.63. The van der Waals surface area contributed by atoms with Crippen molar-refractivity contribution >= 4 is 11.3 Å². The second-order valence-electron chi connectivity index (χ2n) is 3.39. The molecule has 0 unspecified atom stereocenters. The summed E-state index contributed by atoms with van der Waals surface area (Å²) in [5.74, 6) is 0. The van der Waals surface area contributed by atoms with Crippen LogP contribution in [0.2, 0.25) is 0 Å². The first-order valence-electron chi connectivity index (χ1n) is 4.45. The standard InChI is InChI=1S/C10H17NS/c1-11(2)7-4-3-5-10-6-8-12-9-10/h6,8-9H,3-5,7H2,1-2H3. The lowest BCUT2D eigenvalue weighted by atomic mass is 10.1. The molecule has 0 aliphatic heterocycles. The van der Waals surface area contributed by atoms with E-state index in [1.807, 2.05) is 0 Å². The Morgan fingerprint density at radius 2 is 2.17 bits per heavy atom. The van der Waals surface area contributed by atoms with Gasteiger partial charge in [-0.2, -0.15) is 11.3 Å². The average Bonchev–Trinajstić information content (AvgIpc) is 2.49. The zero-order valence-electron chi connectivity index (χ0n) is 7.92. The van der Waals surface area contributed by atoms with Crippen LogP contribution in [0.3, 0.4) is 0 Å². The van der Waals surface area contributed by atoms with Crippen molar-refractivity contribution in [3.63, 3.8) is 0 Å². The quantitative estimate of drug-likeness (QED) is 0.634. The molecule has 1 heterocycles. The minimum atomic E-state index is 1.21. The summed E-state index contributed by atoms with van der Waals surface area (Å²) in [6.07, 6.45) is 3.87. The van der Waals surface area contributed by atoms with Gasteiger partial charge in [0, 0.05) is 0 Å². The van der Waals surface area contributed by atoms with Crippen LogP contribution in [0, 0.1) is 0 Å². The fraction of sp³-hybridized carbons (Fsp3) is 0.600. The summed E-state index contributed by atoms with van der Waals surface area (Å²) in [7, 11) is 4.26. The summed E-state index contributed by atoms with van der Waals surface area (Å²) in [4.78, 5) is 2.24. The van der Waals surface area contributed by atoms with E-state index in [-0.39, 0.29) is 0 Å². The first kappa shape index (κ1) is 9.75. The molecule has 0 aliphatic carbocycles. The number of thiophene rings is 1. The van der Waals surface area contributed by atoms with E-state index in [1.54, 1.807) is 11.3 Å². The maximum absolute atomic E-state index is 2.25. The summed E-state index contributed by atoms with van der Waals surface area (Å²) in [5.41, 5.74) is 1.50. The molecule has 0 saturated heterocycles. The third-order valence-electron chi connectivity index (χ3n) is 1.90. The van der Waals surface area contributed by atoms with Gasteiger partial charge in [-0.05, 0) is 62.3 Å². The topological polar surface area (TPSA) is 3.24 Å². The van der Waals surface area contributed by atoms with Gasteiger partial charge < -0.3 is 4.90 Å². The normalized spacial score (nSPS) is 10.9. The average molecular weight is 183 g/mol. The minimum Gasteiger partial charge on any atom is -0.309 e. The van der Waals surface area contributed by atoms with E-state index in [0.29, 0.717) is 0 Å². The maximum Gasteiger partial charge on any atom is -0.00247 e. The van der Waals surface area contributed by atoms with Gasteiger partial charge in [0.05, 0.1) is 0 Å². The SMILES string of the molecule is CN(C)CCCCc1ccsc1. The molecular weight excluding hydrogens is 166 g/mol. The van der Waals surface area contributed by atoms with Gasteiger partial charge in [0.15, 0.2) is 0 Å². The third kappa shape index (κ3) is 3.88. The Balaban J connectivity index is 2.04. The number of nitrogens with zero attached hydrogens (tertiary/aromatic N) is 1. The van der Waals surface area contributed by atoms with Gasteiger partial charge in [-0.25, -0.2) is 0 Å². The molecule has 12 heavy (non-hydrogen) atoms. The Kier molecular flexibility index (Phi) is 4.33. The lowest BCUT2D eigenvalue weighted by molar-refractivity contribution is 0.394. The molecule has 1 aromatic rings. The zero-order chi connectivity index (χ0) is 8.81. The van der Waals surface area contributed by atoms with Crippen molar-refractivity contribution in [2.45, 2.75) is 19.3 Å². The Morgan fingerprint density at radius 1 is 1.33 bits per heavy atom. The molecule has 0 aliphatic rings. The molecule has 0 saturated carbocycles. The van der Waals surface area contributed by atoms with Crippen LogP contribution in [-0.2, 0) is 6.42 Å². The van der Waals surface area contributed by atoms with E-state index in [9.17, 15) is 0 Å². The van der Waals surface area contributed by atoms with Crippen LogP contribution in [0.15, 0.2) is 16.8 Å². The van der Waals surface area contributed by atoms with Gasteiger partial charge in [0.25, 0.3) is 0 Å². The molecule has 1 aromatic heterocycles. The molecular formula is C10H17NS. The van der Waals surface area contributed by atoms with Crippen LogP contribution in [0.4, 0.5) is 0 Å². The van der Waals surface area contributed by atoms with E-state index in [2.05, 4.69) is 35.8 Å². The summed E-state index contributed by atoms with van der Waals surface area (Å²) in [6, 6.07) is 2.22. The van der Waals surface area contributed by atoms with Gasteiger partial charge in [-0.3, -0.25) is 0 Å². The van der Waals surface area contributed by atoms with Crippen molar-refractivity contribution in [3.8, 4) is 0 Å². The second kappa shape index (κ2) is 5.33. The maximum atomic E-state index is 2.25. The largest absolute Gasteiger partial charge is 0.309 e. The van der Waals surface area contributed by atoms with Crippen LogP contribution in [0.5, 0.6) is 0 Å². The highest BCUT2D eigenvalue weighted by Crippen LogP contribution is 2.09. The predicted molar refractivity (Wildman–Crippen MR) is 55.8 cm³/mol. The van der Waals surface area contributed by atoms with Crippen molar-refractivity contribution in [3.05, 3.63) is 22.4 Å². The second-order valence-corrected chi connectivity index (χ2v) is 4.17. The number of hydrogen-bond donors (Lipinski definition) is 0. The van der Waals surface area contributed by atoms with E-state index in [4.69, 9.17) is 0 Å². The van der Waals surface area contributed by atoms with E-state index >= 15 is 0 Å². The highest BCUT2D eigenvalue weighted by atomic mass is 32.1. The van der Waals surface area contributed by atoms with E-state index < -0.39 is 0 Å². The Morgan fingerprint density at radius 3 is 2.75 bits per heavy atom. The first-order chi connectivity index (χ1) is 5.79. The highest BCUT2D eigenvalue weighted by molar-refractivity contribution is 7.07. The zero-order valence-corrected chi connectivity index (χ0v) is 8.73. The van der Waals surface area contributed by atoms with E-state index in [1.165, 1.54) is 31.4 Å². The Bertz CT molecular complexity index is 192. The van der Waals surface area contributed by atoms with Gasteiger partial charge in [-0.15, -0.1) is 0 Å². The van der Waals surface area contributed by atoms with Crippen molar-refractivity contribution in [1.82, 2.24) is 4.90 Å². The van der Waals surface area contributed by atoms with Crippen LogP contribution in [0.1, 0.15) is 18.4 Å². The van der Waals surface area contributed by atoms with Gasteiger partial charge >= 0.3 is 0 Å². The smallest absolute Gasteiger partial charge is 0.00247 e. The summed E-state index contributed by atoms with van der Waals surface area (Å²) in [6.45, 7) is 1.21. The molecule has 68 valence electrons. The Hall–Kier alpha value is -0.340. The summed E-state index contributed by atoms with van der Waals surface area (Å²) < 4.78 is 0. The lowest BCUT2D eigenvalue weighted by Gasteiger charge is -2.07. The minimum absolute atomic E-state index is 1.21. The number of rotatable bonds is 5. The fourth-order valence-electron chi connectivity index (χ4n) is 1.19. The van der Waals surface area contributed by atoms with Crippen LogP contribution < -0.4 is 0 Å². The Labute approximate surface area is 79.0 Å². The molecule has 2 heteroatoms. The monoisotopic (exact) mass is 183 g/mol. The predicted octanol–water partition coefficient (Wildman–Crippen LogP) is 2.63.